The van der Waals surface area contributed by atoms with E-state index in [1.807, 2.05) is 74.2 Å². The molecule has 6 heteroatoms. The van der Waals surface area contributed by atoms with Gasteiger partial charge in [-0.3, -0.25) is 9.69 Å². The van der Waals surface area contributed by atoms with Crippen molar-refractivity contribution in [2.45, 2.75) is 52.6 Å². The molecule has 3 aromatic carbocycles. The largest absolute Gasteiger partial charge is 0.497 e. The molecule has 0 fully saturated rings. The number of rotatable bonds is 6. The van der Waals surface area contributed by atoms with E-state index in [9.17, 15) is 10.1 Å². The normalized spacial score (nSPS) is 17.2. The van der Waals surface area contributed by atoms with Crippen LogP contribution in [0.1, 0.15) is 53.0 Å². The predicted octanol–water partition coefficient (Wildman–Crippen LogP) is 6.50. The molecule has 1 atom stereocenters. The van der Waals surface area contributed by atoms with Crippen molar-refractivity contribution in [1.82, 2.24) is 0 Å². The third kappa shape index (κ3) is 4.88. The lowest BCUT2D eigenvalue weighted by molar-refractivity contribution is -0.116. The Hall–Kier alpha value is -4.50. The maximum absolute atomic E-state index is 13.6. The first kappa shape index (κ1) is 26.1. The molecule has 1 unspecified atom stereocenters. The van der Waals surface area contributed by atoms with E-state index in [0.717, 1.165) is 63.5 Å². The van der Waals surface area contributed by atoms with Crippen molar-refractivity contribution in [2.24, 2.45) is 5.73 Å². The van der Waals surface area contributed by atoms with Gasteiger partial charge in [0.25, 0.3) is 0 Å². The minimum atomic E-state index is -0.515. The Morgan fingerprint density at radius 2 is 1.74 bits per heavy atom. The monoisotopic (exact) mass is 519 g/mol. The quantitative estimate of drug-likeness (QED) is 0.400. The van der Waals surface area contributed by atoms with Gasteiger partial charge < -0.3 is 15.2 Å². The number of benzene rings is 3. The summed E-state index contributed by atoms with van der Waals surface area (Å²) in [6, 6.07) is 22.1. The van der Waals surface area contributed by atoms with Gasteiger partial charge in [0.1, 0.15) is 23.9 Å². The molecule has 6 nitrogen and oxygen atoms in total. The van der Waals surface area contributed by atoms with Gasteiger partial charge in [-0.05, 0) is 92.3 Å². The van der Waals surface area contributed by atoms with Gasteiger partial charge >= 0.3 is 0 Å². The van der Waals surface area contributed by atoms with Crippen LogP contribution in [-0.4, -0.2) is 12.9 Å². The average Bonchev–Trinajstić information content (AvgIpc) is 2.93. The summed E-state index contributed by atoms with van der Waals surface area (Å²) < 4.78 is 11.4. The molecule has 3 aromatic rings. The van der Waals surface area contributed by atoms with Crippen molar-refractivity contribution >= 4 is 11.5 Å². The third-order valence-corrected chi connectivity index (χ3v) is 7.64. The Labute approximate surface area is 230 Å². The molecule has 0 saturated carbocycles. The fourth-order valence-corrected chi connectivity index (χ4v) is 5.71. The molecule has 0 radical (unpaired) electrons. The highest BCUT2D eigenvalue weighted by Gasteiger charge is 2.41. The average molecular weight is 520 g/mol. The van der Waals surface area contributed by atoms with Gasteiger partial charge in [-0.2, -0.15) is 5.26 Å². The van der Waals surface area contributed by atoms with Crippen molar-refractivity contribution in [3.63, 3.8) is 0 Å². The maximum atomic E-state index is 13.6. The van der Waals surface area contributed by atoms with E-state index in [1.165, 1.54) is 0 Å². The molecular formula is C33H33N3O3. The lowest BCUT2D eigenvalue weighted by atomic mass is 9.73. The molecule has 2 N–H and O–H groups in total. The van der Waals surface area contributed by atoms with Gasteiger partial charge in [0, 0.05) is 23.4 Å². The highest BCUT2D eigenvalue weighted by Crippen LogP contribution is 2.47. The number of carbonyl (C=O) groups is 1. The molecule has 39 heavy (non-hydrogen) atoms. The lowest BCUT2D eigenvalue weighted by Crippen LogP contribution is -2.39. The fraction of sp³-hybridized carbons (Fsp3) is 0.273. The van der Waals surface area contributed by atoms with E-state index in [2.05, 4.69) is 18.2 Å². The van der Waals surface area contributed by atoms with Crippen LogP contribution in [0.4, 0.5) is 5.69 Å². The number of anilines is 1. The number of hydrogen-bond donors (Lipinski definition) is 1. The second kappa shape index (κ2) is 10.7. The van der Waals surface area contributed by atoms with Crippen LogP contribution in [0, 0.1) is 32.1 Å². The smallest absolute Gasteiger partial charge is 0.161 e. The van der Waals surface area contributed by atoms with E-state index in [-0.39, 0.29) is 5.78 Å². The SMILES string of the molecule is COc1ccc(OCc2cc(C)cc(C3C(C#N)=C(N)N(c4cccc(C)c4)C4=C3C(=O)CCC4)c2C)cc1. The van der Waals surface area contributed by atoms with Gasteiger partial charge in [0.05, 0.1) is 24.7 Å². The zero-order valence-electron chi connectivity index (χ0n) is 22.9. The van der Waals surface area contributed by atoms with E-state index in [4.69, 9.17) is 15.2 Å². The maximum Gasteiger partial charge on any atom is 0.161 e. The van der Waals surface area contributed by atoms with Crippen molar-refractivity contribution in [3.8, 4) is 17.6 Å². The van der Waals surface area contributed by atoms with E-state index in [0.29, 0.717) is 30.0 Å². The zero-order valence-corrected chi connectivity index (χ0v) is 22.9. The van der Waals surface area contributed by atoms with Crippen molar-refractivity contribution in [2.75, 3.05) is 12.0 Å². The lowest BCUT2D eigenvalue weighted by Gasteiger charge is -2.40. The number of nitrogens with zero attached hydrogens (tertiary/aromatic N) is 2. The standard InChI is InChI=1S/C33H33N3O3/c1-20-7-5-8-24(16-20)36-29-9-6-10-30(37)32(29)31(28(18-34)33(36)35)27-17-21(2)15-23(22(27)3)19-39-26-13-11-25(38-4)12-14-26/h5,7-8,11-17,31H,6,9-10,19,35H2,1-4H3. The number of ketones is 1. The number of ether oxygens (including phenoxy) is 2. The molecule has 2 aliphatic rings. The number of hydrogen-bond acceptors (Lipinski definition) is 6. The van der Waals surface area contributed by atoms with Gasteiger partial charge in [0.2, 0.25) is 0 Å². The Bertz CT molecular complexity index is 1540. The van der Waals surface area contributed by atoms with Crippen LogP contribution in [0.3, 0.4) is 0 Å². The summed E-state index contributed by atoms with van der Waals surface area (Å²) in [5.41, 5.74) is 14.7. The topological polar surface area (TPSA) is 88.6 Å². The second-order valence-corrected chi connectivity index (χ2v) is 10.3. The minimum absolute atomic E-state index is 0.0797. The number of allylic oxidation sites excluding steroid dienone is 3. The molecule has 5 rings (SSSR count). The summed E-state index contributed by atoms with van der Waals surface area (Å²) in [5, 5.41) is 10.4. The van der Waals surface area contributed by atoms with Gasteiger partial charge in [0.15, 0.2) is 5.78 Å². The Morgan fingerprint density at radius 3 is 2.44 bits per heavy atom. The van der Waals surface area contributed by atoms with Crippen LogP contribution < -0.4 is 20.1 Å². The first-order valence-electron chi connectivity index (χ1n) is 13.2. The summed E-state index contributed by atoms with van der Waals surface area (Å²) in [6.45, 7) is 6.44. The number of nitrogens with two attached hydrogens (primary N) is 1. The summed E-state index contributed by atoms with van der Waals surface area (Å²) in [6.07, 6.45) is 1.95. The third-order valence-electron chi connectivity index (χ3n) is 7.64. The predicted molar refractivity (Wildman–Crippen MR) is 152 cm³/mol. The van der Waals surface area contributed by atoms with Crippen molar-refractivity contribution in [3.05, 3.63) is 111 Å². The van der Waals surface area contributed by atoms with Crippen molar-refractivity contribution in [1.29, 1.82) is 5.26 Å². The zero-order chi connectivity index (χ0) is 27.7. The van der Waals surface area contributed by atoms with Crippen LogP contribution in [0.5, 0.6) is 11.5 Å². The molecule has 0 amide bonds. The van der Waals surface area contributed by atoms with Crippen LogP contribution in [0.15, 0.2) is 83.3 Å². The molecule has 0 spiro atoms. The molecule has 0 bridgehead atoms. The Balaban J connectivity index is 1.60. The van der Waals surface area contributed by atoms with Crippen molar-refractivity contribution < 1.29 is 14.3 Å². The van der Waals surface area contributed by atoms with E-state index >= 15 is 0 Å². The van der Waals surface area contributed by atoms with Gasteiger partial charge in [-0.15, -0.1) is 0 Å². The first-order chi connectivity index (χ1) is 18.8. The van der Waals surface area contributed by atoms with E-state index in [1.54, 1.807) is 7.11 Å². The molecule has 1 aliphatic carbocycles. The fourth-order valence-electron chi connectivity index (χ4n) is 5.71. The number of methoxy groups -OCH3 is 1. The second-order valence-electron chi connectivity index (χ2n) is 10.3. The number of nitriles is 1. The summed E-state index contributed by atoms with van der Waals surface area (Å²) in [5.74, 6) is 1.45. The van der Waals surface area contributed by atoms with Gasteiger partial charge in [-0.25, -0.2) is 0 Å². The number of Topliss-reactive ketones (excluding diaryl/α,β-unsaturated/α-hetero) is 1. The molecule has 1 heterocycles. The first-order valence-corrected chi connectivity index (χ1v) is 13.2. The molecule has 1 aliphatic heterocycles. The van der Waals surface area contributed by atoms with E-state index < -0.39 is 5.92 Å². The number of carbonyl (C=O) groups excluding carboxylic acids is 1. The van der Waals surface area contributed by atoms with Crippen LogP contribution in [0.25, 0.3) is 0 Å². The summed E-state index contributed by atoms with van der Waals surface area (Å²) >= 11 is 0. The summed E-state index contributed by atoms with van der Waals surface area (Å²) in [4.78, 5) is 15.5. The molecule has 198 valence electrons. The molecular weight excluding hydrogens is 486 g/mol. The van der Waals surface area contributed by atoms with Gasteiger partial charge in [-0.1, -0.05) is 29.8 Å². The number of aryl methyl sites for hydroxylation is 2. The van der Waals surface area contributed by atoms with Crippen LogP contribution in [-0.2, 0) is 11.4 Å². The highest BCUT2D eigenvalue weighted by molar-refractivity contribution is 6.01. The summed E-state index contributed by atoms with van der Waals surface area (Å²) in [7, 11) is 1.63. The Morgan fingerprint density at radius 1 is 1.00 bits per heavy atom. The highest BCUT2D eigenvalue weighted by atomic mass is 16.5. The Kier molecular flexibility index (Phi) is 7.17. The van der Waals surface area contributed by atoms with Crippen LogP contribution >= 0.6 is 0 Å². The minimum Gasteiger partial charge on any atom is -0.497 e. The molecule has 0 saturated heterocycles. The molecule has 0 aromatic heterocycles. The van der Waals surface area contributed by atoms with Crippen LogP contribution in [0.2, 0.25) is 0 Å².